The summed E-state index contributed by atoms with van der Waals surface area (Å²) in [6.45, 7) is 5.86. The molecule has 0 saturated heterocycles. The van der Waals surface area contributed by atoms with Crippen molar-refractivity contribution in [2.75, 3.05) is 0 Å². The van der Waals surface area contributed by atoms with E-state index in [0.29, 0.717) is 5.92 Å². The van der Waals surface area contributed by atoms with Crippen LogP contribution in [0, 0.1) is 5.92 Å². The van der Waals surface area contributed by atoms with Crippen LogP contribution in [0.2, 0.25) is 0 Å². The largest absolute Gasteiger partial charge is 0.295 e. The molecule has 0 aliphatic rings. The molecule has 0 N–H and O–H groups in total. The molecule has 0 spiro atoms. The highest BCUT2D eigenvalue weighted by molar-refractivity contribution is 5.87. The van der Waals surface area contributed by atoms with E-state index in [1.165, 1.54) is 0 Å². The molecule has 0 aromatic carbocycles. The fourth-order valence-corrected chi connectivity index (χ4v) is 0.832. The monoisotopic (exact) mass is 140 g/mol. The van der Waals surface area contributed by atoms with Crippen molar-refractivity contribution in [3.63, 3.8) is 0 Å². The molecule has 0 radical (unpaired) electrons. The van der Waals surface area contributed by atoms with Gasteiger partial charge >= 0.3 is 0 Å². The third-order valence-corrected chi connectivity index (χ3v) is 1.65. The molecule has 1 heteroatoms. The van der Waals surface area contributed by atoms with Gasteiger partial charge in [0.05, 0.1) is 0 Å². The second-order valence-electron chi connectivity index (χ2n) is 2.55. The van der Waals surface area contributed by atoms with E-state index in [1.54, 1.807) is 13.0 Å². The van der Waals surface area contributed by atoms with Crippen LogP contribution >= 0.6 is 0 Å². The van der Waals surface area contributed by atoms with Crippen molar-refractivity contribution in [2.45, 2.75) is 33.6 Å². The van der Waals surface area contributed by atoms with Crippen molar-refractivity contribution in [2.24, 2.45) is 5.92 Å². The molecule has 0 aromatic heterocycles. The van der Waals surface area contributed by atoms with Gasteiger partial charge in [-0.25, -0.2) is 0 Å². The Kier molecular flexibility index (Phi) is 4.91. The van der Waals surface area contributed by atoms with E-state index in [2.05, 4.69) is 13.8 Å². The second-order valence-corrected chi connectivity index (χ2v) is 2.55. The highest BCUT2D eigenvalue weighted by Crippen LogP contribution is 2.08. The van der Waals surface area contributed by atoms with Crippen molar-refractivity contribution in [1.29, 1.82) is 0 Å². The number of carbonyl (C=O) groups is 1. The van der Waals surface area contributed by atoms with Crippen LogP contribution in [0.15, 0.2) is 12.2 Å². The molecular formula is C9H16O. The highest BCUT2D eigenvalue weighted by atomic mass is 16.1. The Morgan fingerprint density at radius 2 is 1.90 bits per heavy atom. The molecule has 0 atom stereocenters. The quantitative estimate of drug-likeness (QED) is 0.548. The highest BCUT2D eigenvalue weighted by Gasteiger charge is 1.96. The van der Waals surface area contributed by atoms with E-state index in [0.717, 1.165) is 12.8 Å². The van der Waals surface area contributed by atoms with Crippen LogP contribution < -0.4 is 0 Å². The van der Waals surface area contributed by atoms with E-state index < -0.39 is 0 Å². The van der Waals surface area contributed by atoms with E-state index in [1.807, 2.05) is 6.08 Å². The summed E-state index contributed by atoms with van der Waals surface area (Å²) in [6.07, 6.45) is 5.92. The third-order valence-electron chi connectivity index (χ3n) is 1.65. The molecule has 0 amide bonds. The minimum absolute atomic E-state index is 0.145. The maximum Gasteiger partial charge on any atom is 0.152 e. The zero-order valence-electron chi connectivity index (χ0n) is 7.05. The smallest absolute Gasteiger partial charge is 0.152 e. The molecule has 0 heterocycles. The minimum atomic E-state index is 0.145. The number of carbonyl (C=O) groups excluding carboxylic acids is 1. The minimum Gasteiger partial charge on any atom is -0.295 e. The van der Waals surface area contributed by atoms with Gasteiger partial charge in [0.2, 0.25) is 0 Å². The lowest BCUT2D eigenvalue weighted by molar-refractivity contribution is -0.112. The van der Waals surface area contributed by atoms with E-state index in [-0.39, 0.29) is 5.78 Å². The summed E-state index contributed by atoms with van der Waals surface area (Å²) in [4.78, 5) is 10.5. The van der Waals surface area contributed by atoms with Crippen molar-refractivity contribution in [1.82, 2.24) is 0 Å². The van der Waals surface area contributed by atoms with Gasteiger partial charge in [0.25, 0.3) is 0 Å². The third kappa shape index (κ3) is 4.30. The van der Waals surface area contributed by atoms with Gasteiger partial charge in [0, 0.05) is 0 Å². The Morgan fingerprint density at radius 3 is 2.20 bits per heavy atom. The van der Waals surface area contributed by atoms with Crippen LogP contribution in [0.25, 0.3) is 0 Å². The first-order valence-corrected chi connectivity index (χ1v) is 3.89. The maximum absolute atomic E-state index is 10.5. The Labute approximate surface area is 63.1 Å². The van der Waals surface area contributed by atoms with Crippen LogP contribution in [0.3, 0.4) is 0 Å². The zero-order chi connectivity index (χ0) is 7.98. The predicted molar refractivity (Wildman–Crippen MR) is 43.9 cm³/mol. The lowest BCUT2D eigenvalue weighted by Gasteiger charge is -2.03. The fourth-order valence-electron chi connectivity index (χ4n) is 0.832. The molecular weight excluding hydrogens is 124 g/mol. The Hall–Kier alpha value is -0.590. The Balaban J connectivity index is 3.72. The maximum atomic E-state index is 10.5. The molecule has 0 saturated carbocycles. The average molecular weight is 140 g/mol. The first-order chi connectivity index (χ1) is 4.70. The van der Waals surface area contributed by atoms with Gasteiger partial charge in [-0.2, -0.15) is 0 Å². The van der Waals surface area contributed by atoms with Crippen molar-refractivity contribution >= 4 is 5.78 Å². The summed E-state index contributed by atoms with van der Waals surface area (Å²) < 4.78 is 0. The van der Waals surface area contributed by atoms with Gasteiger partial charge in [-0.15, -0.1) is 0 Å². The van der Waals surface area contributed by atoms with Crippen LogP contribution in [-0.2, 0) is 4.79 Å². The van der Waals surface area contributed by atoms with E-state index in [4.69, 9.17) is 0 Å². The molecule has 1 nitrogen and oxygen atoms in total. The van der Waals surface area contributed by atoms with Crippen LogP contribution in [0.5, 0.6) is 0 Å². The summed E-state index contributed by atoms with van der Waals surface area (Å²) in [5, 5.41) is 0. The first-order valence-electron chi connectivity index (χ1n) is 3.89. The SMILES string of the molecule is CCC(C=CC(C)=O)CC. The topological polar surface area (TPSA) is 17.1 Å². The summed E-state index contributed by atoms with van der Waals surface area (Å²) in [6, 6.07) is 0. The summed E-state index contributed by atoms with van der Waals surface area (Å²) >= 11 is 0. The van der Waals surface area contributed by atoms with E-state index >= 15 is 0 Å². The molecule has 0 fully saturated rings. The molecule has 10 heavy (non-hydrogen) atoms. The van der Waals surface area contributed by atoms with Crippen molar-refractivity contribution in [3.05, 3.63) is 12.2 Å². The number of hydrogen-bond donors (Lipinski definition) is 0. The number of rotatable bonds is 4. The normalized spacial score (nSPS) is 11.2. The Morgan fingerprint density at radius 1 is 1.40 bits per heavy atom. The second kappa shape index (κ2) is 5.21. The molecule has 0 rings (SSSR count). The summed E-state index contributed by atoms with van der Waals surface area (Å²) in [5.74, 6) is 0.732. The number of hydrogen-bond acceptors (Lipinski definition) is 1. The standard InChI is InChI=1S/C9H16O/c1-4-9(5-2)7-6-8(3)10/h6-7,9H,4-5H2,1-3H3. The van der Waals surface area contributed by atoms with Gasteiger partial charge in [0.15, 0.2) is 5.78 Å². The lowest BCUT2D eigenvalue weighted by atomic mass is 10.0. The molecule has 0 unspecified atom stereocenters. The fraction of sp³-hybridized carbons (Fsp3) is 0.667. The Bertz CT molecular complexity index is 121. The van der Waals surface area contributed by atoms with Gasteiger partial charge in [-0.05, 0) is 31.8 Å². The summed E-state index contributed by atoms with van der Waals surface area (Å²) in [7, 11) is 0. The summed E-state index contributed by atoms with van der Waals surface area (Å²) in [5.41, 5.74) is 0. The molecule has 0 aliphatic carbocycles. The number of ketones is 1. The molecule has 0 aromatic rings. The van der Waals surface area contributed by atoms with Crippen LogP contribution in [0.1, 0.15) is 33.6 Å². The van der Waals surface area contributed by atoms with Gasteiger partial charge in [0.1, 0.15) is 0 Å². The van der Waals surface area contributed by atoms with Crippen molar-refractivity contribution in [3.8, 4) is 0 Å². The van der Waals surface area contributed by atoms with Gasteiger partial charge < -0.3 is 0 Å². The van der Waals surface area contributed by atoms with Crippen LogP contribution in [-0.4, -0.2) is 5.78 Å². The van der Waals surface area contributed by atoms with Crippen molar-refractivity contribution < 1.29 is 4.79 Å². The van der Waals surface area contributed by atoms with Gasteiger partial charge in [-0.3, -0.25) is 4.79 Å². The lowest BCUT2D eigenvalue weighted by Crippen LogP contribution is -1.92. The average Bonchev–Trinajstić information content (AvgIpc) is 1.90. The van der Waals surface area contributed by atoms with E-state index in [9.17, 15) is 4.79 Å². The number of allylic oxidation sites excluding steroid dienone is 2. The van der Waals surface area contributed by atoms with Crippen LogP contribution in [0.4, 0.5) is 0 Å². The first kappa shape index (κ1) is 9.41. The predicted octanol–water partition coefficient (Wildman–Crippen LogP) is 2.57. The zero-order valence-corrected chi connectivity index (χ0v) is 7.05. The van der Waals surface area contributed by atoms with Gasteiger partial charge in [-0.1, -0.05) is 19.9 Å². The molecule has 58 valence electrons. The molecule has 0 aliphatic heterocycles. The molecule has 0 bridgehead atoms.